The van der Waals surface area contributed by atoms with E-state index < -0.39 is 5.97 Å². The number of hydrogen-bond acceptors (Lipinski definition) is 4. The number of aromatic carboxylic acids is 1. The molecule has 112 valence electrons. The van der Waals surface area contributed by atoms with Gasteiger partial charge in [0.1, 0.15) is 4.88 Å². The van der Waals surface area contributed by atoms with Gasteiger partial charge in [0, 0.05) is 13.6 Å². The minimum atomic E-state index is -0.849. The van der Waals surface area contributed by atoms with Crippen molar-refractivity contribution in [1.29, 1.82) is 0 Å². The van der Waals surface area contributed by atoms with Crippen LogP contribution in [0.5, 0.6) is 0 Å². The highest BCUT2D eigenvalue weighted by Crippen LogP contribution is 2.33. The fraction of sp³-hybridized carbons (Fsp3) is 0.733. The molecule has 0 saturated heterocycles. The van der Waals surface area contributed by atoms with E-state index >= 15 is 0 Å². The van der Waals surface area contributed by atoms with Crippen LogP contribution in [0.1, 0.15) is 67.2 Å². The van der Waals surface area contributed by atoms with E-state index in [0.717, 1.165) is 29.7 Å². The lowest BCUT2D eigenvalue weighted by Gasteiger charge is -2.20. The van der Waals surface area contributed by atoms with Gasteiger partial charge in [-0.15, -0.1) is 0 Å². The molecule has 1 heterocycles. The lowest BCUT2D eigenvalue weighted by molar-refractivity contribution is 0.0700. The van der Waals surface area contributed by atoms with Crippen LogP contribution in [-0.4, -0.2) is 29.7 Å². The minimum Gasteiger partial charge on any atom is -0.477 e. The van der Waals surface area contributed by atoms with Gasteiger partial charge in [0.05, 0.1) is 5.69 Å². The predicted octanol–water partition coefficient (Wildman–Crippen LogP) is 3.98. The Kier molecular flexibility index (Phi) is 5.02. The molecule has 5 heteroatoms. The Hall–Kier alpha value is -1.10. The van der Waals surface area contributed by atoms with Crippen molar-refractivity contribution in [2.45, 2.75) is 51.9 Å². The second-order valence-electron chi connectivity index (χ2n) is 5.86. The van der Waals surface area contributed by atoms with Gasteiger partial charge in [0.2, 0.25) is 0 Å². The third kappa shape index (κ3) is 3.32. The highest BCUT2D eigenvalue weighted by atomic mass is 32.1. The predicted molar refractivity (Wildman–Crippen MR) is 83.0 cm³/mol. The average molecular weight is 296 g/mol. The second kappa shape index (κ2) is 6.57. The van der Waals surface area contributed by atoms with Crippen molar-refractivity contribution in [3.63, 3.8) is 0 Å². The Morgan fingerprint density at radius 3 is 2.70 bits per heavy atom. The Bertz CT molecular complexity index is 466. The molecule has 1 aromatic heterocycles. The minimum absolute atomic E-state index is 0.200. The molecule has 0 amide bonds. The lowest BCUT2D eigenvalue weighted by Crippen LogP contribution is -2.23. The van der Waals surface area contributed by atoms with E-state index in [1.807, 2.05) is 14.0 Å². The number of carboxylic acids is 1. The molecular weight excluding hydrogens is 272 g/mol. The Labute approximate surface area is 124 Å². The molecule has 20 heavy (non-hydrogen) atoms. The Balaban J connectivity index is 2.16. The quantitative estimate of drug-likeness (QED) is 0.862. The van der Waals surface area contributed by atoms with Gasteiger partial charge in [-0.3, -0.25) is 0 Å². The number of nitrogens with zero attached hydrogens (tertiary/aromatic N) is 2. The molecular formula is C15H24N2O2S. The van der Waals surface area contributed by atoms with E-state index in [-0.39, 0.29) is 5.92 Å². The first kappa shape index (κ1) is 15.3. The molecule has 4 nitrogen and oxygen atoms in total. The number of carbonyl (C=O) groups is 1. The molecule has 0 bridgehead atoms. The molecule has 1 fully saturated rings. The van der Waals surface area contributed by atoms with Gasteiger partial charge in [-0.2, -0.15) is 0 Å². The van der Waals surface area contributed by atoms with Crippen molar-refractivity contribution in [3.05, 3.63) is 10.6 Å². The summed E-state index contributed by atoms with van der Waals surface area (Å²) in [5, 5.41) is 10.2. The van der Waals surface area contributed by atoms with Gasteiger partial charge in [0.15, 0.2) is 5.13 Å². The second-order valence-corrected chi connectivity index (χ2v) is 6.83. The number of carboxylic acid groups (broad SMARTS) is 1. The van der Waals surface area contributed by atoms with Gasteiger partial charge >= 0.3 is 5.97 Å². The molecule has 1 unspecified atom stereocenters. The van der Waals surface area contributed by atoms with E-state index in [4.69, 9.17) is 0 Å². The molecule has 2 rings (SSSR count). The summed E-state index contributed by atoms with van der Waals surface area (Å²) >= 11 is 1.32. The molecule has 0 spiro atoms. The first-order valence-corrected chi connectivity index (χ1v) is 8.29. The third-order valence-corrected chi connectivity index (χ3v) is 5.42. The number of anilines is 1. The van der Waals surface area contributed by atoms with E-state index in [9.17, 15) is 9.90 Å². The Morgan fingerprint density at radius 1 is 1.50 bits per heavy atom. The highest BCUT2D eigenvalue weighted by molar-refractivity contribution is 7.17. The molecule has 1 aromatic rings. The lowest BCUT2D eigenvalue weighted by atomic mass is 10.0. The van der Waals surface area contributed by atoms with Crippen LogP contribution in [0.2, 0.25) is 0 Å². The van der Waals surface area contributed by atoms with Crippen molar-refractivity contribution in [3.8, 4) is 0 Å². The zero-order valence-electron chi connectivity index (χ0n) is 12.6. The van der Waals surface area contributed by atoms with Crippen molar-refractivity contribution < 1.29 is 9.90 Å². The topological polar surface area (TPSA) is 53.4 Å². The summed E-state index contributed by atoms with van der Waals surface area (Å²) in [6.45, 7) is 5.10. The number of rotatable bonds is 6. The normalized spacial score (nSPS) is 17.4. The van der Waals surface area contributed by atoms with Crippen molar-refractivity contribution >= 4 is 22.4 Å². The molecule has 0 aromatic carbocycles. The molecule has 0 aliphatic heterocycles. The molecule has 1 atom stereocenters. The molecule has 0 radical (unpaired) electrons. The summed E-state index contributed by atoms with van der Waals surface area (Å²) in [4.78, 5) is 18.5. The number of thiazole rings is 1. The van der Waals surface area contributed by atoms with Gasteiger partial charge < -0.3 is 10.0 Å². The van der Waals surface area contributed by atoms with Crippen LogP contribution in [0, 0.1) is 5.92 Å². The standard InChI is InChI=1S/C15H24N2O2S/c1-4-10(2)12-13(14(18)19)20-15(16-12)17(3)9-11-7-5-6-8-11/h10-11H,4-9H2,1-3H3,(H,18,19). The van der Waals surface area contributed by atoms with Gasteiger partial charge in [0.25, 0.3) is 0 Å². The highest BCUT2D eigenvalue weighted by Gasteiger charge is 2.24. The van der Waals surface area contributed by atoms with Gasteiger partial charge in [-0.05, 0) is 31.1 Å². The van der Waals surface area contributed by atoms with Crippen molar-refractivity contribution in [1.82, 2.24) is 4.98 Å². The monoisotopic (exact) mass is 296 g/mol. The maximum Gasteiger partial charge on any atom is 0.347 e. The van der Waals surface area contributed by atoms with Gasteiger partial charge in [-0.1, -0.05) is 38.0 Å². The fourth-order valence-electron chi connectivity index (χ4n) is 2.82. The maximum absolute atomic E-state index is 11.4. The van der Waals surface area contributed by atoms with Gasteiger partial charge in [-0.25, -0.2) is 9.78 Å². The zero-order valence-corrected chi connectivity index (χ0v) is 13.4. The van der Waals surface area contributed by atoms with Crippen LogP contribution < -0.4 is 4.90 Å². The molecule has 1 N–H and O–H groups in total. The number of hydrogen-bond donors (Lipinski definition) is 1. The first-order valence-electron chi connectivity index (χ1n) is 7.48. The SMILES string of the molecule is CCC(C)c1nc(N(C)CC2CCCC2)sc1C(=O)O. The molecule has 1 aliphatic carbocycles. The maximum atomic E-state index is 11.4. The molecule has 1 saturated carbocycles. The smallest absolute Gasteiger partial charge is 0.347 e. The number of aromatic nitrogens is 1. The van der Waals surface area contributed by atoms with Crippen LogP contribution in [0.15, 0.2) is 0 Å². The van der Waals surface area contributed by atoms with E-state index in [2.05, 4.69) is 16.8 Å². The Morgan fingerprint density at radius 2 is 2.15 bits per heavy atom. The summed E-state index contributed by atoms with van der Waals surface area (Å²) in [5.41, 5.74) is 0.748. The average Bonchev–Trinajstić information content (AvgIpc) is 3.06. The summed E-state index contributed by atoms with van der Waals surface area (Å²) in [6.07, 6.45) is 6.15. The van der Waals surface area contributed by atoms with E-state index in [0.29, 0.717) is 4.88 Å². The van der Waals surface area contributed by atoms with Crippen molar-refractivity contribution in [2.75, 3.05) is 18.5 Å². The summed E-state index contributed by atoms with van der Waals surface area (Å²) in [5.74, 6) is 0.0912. The largest absolute Gasteiger partial charge is 0.477 e. The zero-order chi connectivity index (χ0) is 14.7. The van der Waals surface area contributed by atoms with Crippen LogP contribution in [0.3, 0.4) is 0 Å². The first-order chi connectivity index (χ1) is 9.52. The van der Waals surface area contributed by atoms with Crippen molar-refractivity contribution in [2.24, 2.45) is 5.92 Å². The summed E-state index contributed by atoms with van der Waals surface area (Å²) in [7, 11) is 2.03. The van der Waals surface area contributed by atoms with Crippen LogP contribution in [0.25, 0.3) is 0 Å². The van der Waals surface area contributed by atoms with E-state index in [1.165, 1.54) is 37.0 Å². The summed E-state index contributed by atoms with van der Waals surface area (Å²) < 4.78 is 0. The fourth-order valence-corrected chi connectivity index (χ4v) is 3.82. The third-order valence-electron chi connectivity index (χ3n) is 4.25. The summed E-state index contributed by atoms with van der Waals surface area (Å²) in [6, 6.07) is 0. The molecule has 1 aliphatic rings. The van der Waals surface area contributed by atoms with Crippen LogP contribution in [0.4, 0.5) is 5.13 Å². The van der Waals surface area contributed by atoms with Crippen LogP contribution in [-0.2, 0) is 0 Å². The van der Waals surface area contributed by atoms with E-state index in [1.54, 1.807) is 0 Å². The van der Waals surface area contributed by atoms with Crippen LogP contribution >= 0.6 is 11.3 Å².